The molecule has 6 nitrogen and oxygen atoms in total. The molecule has 1 fully saturated rings. The number of aromatic nitrogens is 2. The Morgan fingerprint density at radius 1 is 1.03 bits per heavy atom. The van der Waals surface area contributed by atoms with Crippen LogP contribution >= 0.6 is 15.9 Å². The second-order valence-electron chi connectivity index (χ2n) is 8.40. The van der Waals surface area contributed by atoms with Crippen LogP contribution in [-0.4, -0.2) is 34.5 Å². The van der Waals surface area contributed by atoms with Crippen molar-refractivity contribution in [1.82, 2.24) is 9.55 Å². The Bertz CT molecular complexity index is 1330. The summed E-state index contributed by atoms with van der Waals surface area (Å²) in [6, 6.07) is 25.3. The van der Waals surface area contributed by atoms with Crippen molar-refractivity contribution >= 4 is 50.2 Å². The number of amides is 2. The van der Waals surface area contributed by atoms with Crippen LogP contribution < -0.4 is 9.80 Å². The molecular formula is C27H25BrN4O2. The van der Waals surface area contributed by atoms with E-state index in [0.29, 0.717) is 19.5 Å². The van der Waals surface area contributed by atoms with Crippen LogP contribution in [0.1, 0.15) is 25.1 Å². The highest BCUT2D eigenvalue weighted by Gasteiger charge is 2.35. The summed E-state index contributed by atoms with van der Waals surface area (Å²) in [7, 11) is 0. The smallest absolute Gasteiger partial charge is 0.246 e. The number of anilines is 2. The number of benzene rings is 3. The van der Waals surface area contributed by atoms with E-state index in [0.717, 1.165) is 32.7 Å². The lowest BCUT2D eigenvalue weighted by atomic mass is 10.1. The Labute approximate surface area is 206 Å². The van der Waals surface area contributed by atoms with E-state index in [1.807, 2.05) is 95.3 Å². The zero-order valence-corrected chi connectivity index (χ0v) is 20.5. The SMILES string of the molecule is CCN(C(=O)Cn1c(C2CC(=O)N(c3ccc(Br)cc3)C2)nc2ccccc21)c1ccccc1. The summed E-state index contributed by atoms with van der Waals surface area (Å²) >= 11 is 3.45. The molecule has 0 saturated carbocycles. The standard InChI is InChI=1S/C27H25BrN4O2/c1-2-30(21-8-4-3-5-9-21)26(34)18-32-24-11-7-6-10-23(24)29-27(32)19-16-25(33)31(17-19)22-14-12-20(28)13-15-22/h3-15,19H,2,16-18H2,1H3. The van der Waals surface area contributed by atoms with Gasteiger partial charge < -0.3 is 14.4 Å². The zero-order valence-electron chi connectivity index (χ0n) is 18.9. The molecule has 3 aromatic carbocycles. The molecule has 0 bridgehead atoms. The molecule has 1 unspecified atom stereocenters. The van der Waals surface area contributed by atoms with E-state index in [1.54, 1.807) is 4.90 Å². The van der Waals surface area contributed by atoms with Gasteiger partial charge in [-0.1, -0.05) is 46.3 Å². The van der Waals surface area contributed by atoms with E-state index in [9.17, 15) is 9.59 Å². The highest BCUT2D eigenvalue weighted by atomic mass is 79.9. The zero-order chi connectivity index (χ0) is 23.7. The van der Waals surface area contributed by atoms with E-state index in [1.165, 1.54) is 0 Å². The van der Waals surface area contributed by atoms with Crippen LogP contribution in [-0.2, 0) is 16.1 Å². The molecule has 2 heterocycles. The number of halogens is 1. The number of rotatable bonds is 6. The van der Waals surface area contributed by atoms with Crippen molar-refractivity contribution in [1.29, 1.82) is 0 Å². The van der Waals surface area contributed by atoms with Crippen LogP contribution in [0.2, 0.25) is 0 Å². The van der Waals surface area contributed by atoms with Gasteiger partial charge in [-0.05, 0) is 55.5 Å². The number of imidazole rings is 1. The van der Waals surface area contributed by atoms with Crippen molar-refractivity contribution in [2.45, 2.75) is 25.8 Å². The molecule has 2 amide bonds. The van der Waals surface area contributed by atoms with Gasteiger partial charge in [0.2, 0.25) is 11.8 Å². The molecule has 34 heavy (non-hydrogen) atoms. The molecule has 1 atom stereocenters. The molecule has 0 N–H and O–H groups in total. The fraction of sp³-hybridized carbons (Fsp3) is 0.222. The maximum absolute atomic E-state index is 13.4. The van der Waals surface area contributed by atoms with Crippen molar-refractivity contribution < 1.29 is 9.59 Å². The first-order valence-corrected chi connectivity index (χ1v) is 12.2. The number of nitrogens with zero attached hydrogens (tertiary/aromatic N) is 4. The molecule has 0 aliphatic carbocycles. The quantitative estimate of drug-likeness (QED) is 0.346. The van der Waals surface area contributed by atoms with Crippen LogP contribution in [0.4, 0.5) is 11.4 Å². The topological polar surface area (TPSA) is 58.4 Å². The third-order valence-electron chi connectivity index (χ3n) is 6.29. The number of carbonyl (C=O) groups excluding carboxylic acids is 2. The Hall–Kier alpha value is -3.45. The summed E-state index contributed by atoms with van der Waals surface area (Å²) in [5, 5.41) is 0. The Balaban J connectivity index is 1.47. The molecule has 0 spiro atoms. The van der Waals surface area contributed by atoms with E-state index in [2.05, 4.69) is 15.9 Å². The van der Waals surface area contributed by atoms with Crippen molar-refractivity contribution in [3.63, 3.8) is 0 Å². The van der Waals surface area contributed by atoms with E-state index in [-0.39, 0.29) is 24.3 Å². The third-order valence-corrected chi connectivity index (χ3v) is 6.82. The lowest BCUT2D eigenvalue weighted by Gasteiger charge is -2.23. The first kappa shape index (κ1) is 22.3. The lowest BCUT2D eigenvalue weighted by Crippen LogP contribution is -2.34. The summed E-state index contributed by atoms with van der Waals surface area (Å²) in [5.41, 5.74) is 3.49. The van der Waals surface area contributed by atoms with Crippen LogP contribution in [0.25, 0.3) is 11.0 Å². The van der Waals surface area contributed by atoms with Gasteiger partial charge in [0, 0.05) is 41.3 Å². The van der Waals surface area contributed by atoms with Gasteiger partial charge in [0.25, 0.3) is 0 Å². The maximum atomic E-state index is 13.4. The minimum atomic E-state index is -0.0943. The van der Waals surface area contributed by atoms with Crippen LogP contribution in [0, 0.1) is 0 Å². The van der Waals surface area contributed by atoms with Crippen molar-refractivity contribution in [2.75, 3.05) is 22.9 Å². The number of hydrogen-bond donors (Lipinski definition) is 0. The Morgan fingerprint density at radius 2 is 1.74 bits per heavy atom. The molecule has 5 rings (SSSR count). The van der Waals surface area contributed by atoms with E-state index < -0.39 is 0 Å². The summed E-state index contributed by atoms with van der Waals surface area (Å²) in [6.45, 7) is 3.25. The van der Waals surface area contributed by atoms with Crippen LogP contribution in [0.3, 0.4) is 0 Å². The molecular weight excluding hydrogens is 492 g/mol. The fourth-order valence-corrected chi connectivity index (χ4v) is 4.92. The van der Waals surface area contributed by atoms with Gasteiger partial charge in [0.05, 0.1) is 11.0 Å². The van der Waals surface area contributed by atoms with Crippen LogP contribution in [0.5, 0.6) is 0 Å². The summed E-state index contributed by atoms with van der Waals surface area (Å²) < 4.78 is 2.96. The predicted octanol–water partition coefficient (Wildman–Crippen LogP) is 5.37. The van der Waals surface area contributed by atoms with Gasteiger partial charge in [0.1, 0.15) is 12.4 Å². The highest BCUT2D eigenvalue weighted by Crippen LogP contribution is 2.34. The molecule has 4 aromatic rings. The second-order valence-corrected chi connectivity index (χ2v) is 9.32. The number of fused-ring (bicyclic) bond motifs is 1. The fourth-order valence-electron chi connectivity index (χ4n) is 4.65. The van der Waals surface area contributed by atoms with E-state index in [4.69, 9.17) is 4.98 Å². The number of hydrogen-bond acceptors (Lipinski definition) is 3. The molecule has 0 radical (unpaired) electrons. The summed E-state index contributed by atoms with van der Waals surface area (Å²) in [6.07, 6.45) is 0.365. The van der Waals surface area contributed by atoms with E-state index >= 15 is 0 Å². The third kappa shape index (κ3) is 4.23. The first-order chi connectivity index (χ1) is 16.5. The highest BCUT2D eigenvalue weighted by molar-refractivity contribution is 9.10. The minimum absolute atomic E-state index is 0.00723. The molecule has 1 aliphatic heterocycles. The largest absolute Gasteiger partial charge is 0.318 e. The lowest BCUT2D eigenvalue weighted by molar-refractivity contribution is -0.119. The maximum Gasteiger partial charge on any atom is 0.246 e. The van der Waals surface area contributed by atoms with Crippen LogP contribution in [0.15, 0.2) is 83.3 Å². The first-order valence-electron chi connectivity index (χ1n) is 11.4. The number of carbonyl (C=O) groups is 2. The van der Waals surface area contributed by atoms with Gasteiger partial charge >= 0.3 is 0 Å². The molecule has 1 aliphatic rings. The number of para-hydroxylation sites is 3. The molecule has 1 saturated heterocycles. The molecule has 7 heteroatoms. The normalized spacial score (nSPS) is 15.8. The minimum Gasteiger partial charge on any atom is -0.318 e. The van der Waals surface area contributed by atoms with Crippen molar-refractivity contribution in [3.05, 3.63) is 89.2 Å². The van der Waals surface area contributed by atoms with Crippen molar-refractivity contribution in [2.24, 2.45) is 0 Å². The Morgan fingerprint density at radius 3 is 2.47 bits per heavy atom. The van der Waals surface area contributed by atoms with Gasteiger partial charge in [0.15, 0.2) is 0 Å². The van der Waals surface area contributed by atoms with Crippen molar-refractivity contribution in [3.8, 4) is 0 Å². The molecule has 1 aromatic heterocycles. The van der Waals surface area contributed by atoms with Gasteiger partial charge in [-0.15, -0.1) is 0 Å². The Kier molecular flexibility index (Phi) is 6.20. The predicted molar refractivity (Wildman–Crippen MR) is 138 cm³/mol. The monoisotopic (exact) mass is 516 g/mol. The second kappa shape index (κ2) is 9.43. The van der Waals surface area contributed by atoms with Gasteiger partial charge in [-0.3, -0.25) is 9.59 Å². The molecule has 172 valence electrons. The average Bonchev–Trinajstić information content (AvgIpc) is 3.41. The average molecular weight is 517 g/mol. The summed E-state index contributed by atoms with van der Waals surface area (Å²) in [5.74, 6) is 0.749. The van der Waals surface area contributed by atoms with Gasteiger partial charge in [-0.25, -0.2) is 4.98 Å². The van der Waals surface area contributed by atoms with Gasteiger partial charge in [-0.2, -0.15) is 0 Å². The number of likely N-dealkylation sites (N-methyl/N-ethyl adjacent to an activating group) is 1. The summed E-state index contributed by atoms with van der Waals surface area (Å²) in [4.78, 5) is 34.8.